The van der Waals surface area contributed by atoms with E-state index in [1.165, 1.54) is 33.0 Å². The molecule has 0 aliphatic heterocycles. The van der Waals surface area contributed by atoms with Crippen LogP contribution < -0.4 is 0 Å². The van der Waals surface area contributed by atoms with E-state index < -0.39 is 0 Å². The van der Waals surface area contributed by atoms with Crippen LogP contribution in [-0.4, -0.2) is 0 Å². The Kier molecular flexibility index (Phi) is 2.25. The van der Waals surface area contributed by atoms with E-state index in [2.05, 4.69) is 67.6 Å². The highest BCUT2D eigenvalue weighted by Gasteiger charge is 2.19. The Morgan fingerprint density at radius 3 is 2.95 bits per heavy atom. The first kappa shape index (κ1) is 10.8. The Labute approximate surface area is 113 Å². The van der Waals surface area contributed by atoms with Gasteiger partial charge < -0.3 is 0 Å². The first-order valence-electron chi connectivity index (χ1n) is 6.90. The fourth-order valence-electron chi connectivity index (χ4n) is 3.31. The van der Waals surface area contributed by atoms with E-state index >= 15 is 0 Å². The highest BCUT2D eigenvalue weighted by Crippen LogP contribution is 2.38. The lowest BCUT2D eigenvalue weighted by Crippen LogP contribution is -1.96. The van der Waals surface area contributed by atoms with Crippen molar-refractivity contribution in [2.75, 3.05) is 0 Å². The zero-order valence-corrected chi connectivity index (χ0v) is 11.1. The molecule has 0 heterocycles. The Morgan fingerprint density at radius 1 is 1.05 bits per heavy atom. The van der Waals surface area contributed by atoms with E-state index in [9.17, 15) is 0 Å². The lowest BCUT2D eigenvalue weighted by molar-refractivity contribution is 1.09. The molecule has 2 aromatic carbocycles. The summed E-state index contributed by atoms with van der Waals surface area (Å²) < 4.78 is 0. The molecular weight excluding hydrogens is 228 g/mol. The minimum absolute atomic E-state index is 0.414. The maximum Gasteiger partial charge on any atom is 0.0216 e. The van der Waals surface area contributed by atoms with Gasteiger partial charge in [-0.15, -0.1) is 0 Å². The summed E-state index contributed by atoms with van der Waals surface area (Å²) in [6, 6.07) is 11.2. The largest absolute Gasteiger partial charge is 0.0832 e. The number of allylic oxidation sites excluding steroid dienone is 5. The van der Waals surface area contributed by atoms with Crippen LogP contribution in [0, 0.1) is 0 Å². The molecule has 0 amide bonds. The van der Waals surface area contributed by atoms with Gasteiger partial charge >= 0.3 is 0 Å². The summed E-state index contributed by atoms with van der Waals surface area (Å²) in [4.78, 5) is 0. The molecule has 2 aromatic rings. The fraction of sp³-hybridized carbons (Fsp3) is 0.158. The molecular formula is C19H16. The van der Waals surface area contributed by atoms with Gasteiger partial charge in [-0.25, -0.2) is 0 Å². The fourth-order valence-corrected chi connectivity index (χ4v) is 3.31. The Bertz CT molecular complexity index is 757. The van der Waals surface area contributed by atoms with E-state index in [-0.39, 0.29) is 0 Å². The van der Waals surface area contributed by atoms with Crippen LogP contribution >= 0.6 is 0 Å². The molecule has 1 atom stereocenters. The van der Waals surface area contributed by atoms with Gasteiger partial charge in [0.05, 0.1) is 0 Å². The molecule has 0 saturated carbocycles. The molecule has 19 heavy (non-hydrogen) atoms. The van der Waals surface area contributed by atoms with Gasteiger partial charge in [0.25, 0.3) is 0 Å². The molecule has 0 bridgehead atoms. The normalized spacial score (nSPS) is 20.1. The van der Waals surface area contributed by atoms with Gasteiger partial charge in [0.15, 0.2) is 0 Å². The van der Waals surface area contributed by atoms with E-state index in [4.69, 9.17) is 0 Å². The third-order valence-corrected chi connectivity index (χ3v) is 4.19. The molecule has 92 valence electrons. The second-order valence-corrected chi connectivity index (χ2v) is 5.49. The second kappa shape index (κ2) is 3.96. The SMILES string of the molecule is CC1=CC2C=CCc3cccc4ccc(c2c34)C=C1. The molecule has 2 aliphatic rings. The molecule has 2 aliphatic carbocycles. The lowest BCUT2D eigenvalue weighted by atomic mass is 9.88. The van der Waals surface area contributed by atoms with Crippen LogP contribution in [0.15, 0.2) is 60.2 Å². The number of benzene rings is 2. The molecule has 0 fully saturated rings. The van der Waals surface area contributed by atoms with Crippen molar-refractivity contribution in [3.63, 3.8) is 0 Å². The number of rotatable bonds is 0. The third kappa shape index (κ3) is 1.60. The minimum atomic E-state index is 0.414. The van der Waals surface area contributed by atoms with Gasteiger partial charge in [-0.3, -0.25) is 0 Å². The van der Waals surface area contributed by atoms with Crippen molar-refractivity contribution in [1.82, 2.24) is 0 Å². The van der Waals surface area contributed by atoms with Crippen molar-refractivity contribution in [2.24, 2.45) is 0 Å². The zero-order valence-electron chi connectivity index (χ0n) is 11.1. The van der Waals surface area contributed by atoms with Gasteiger partial charge in [-0.05, 0) is 40.8 Å². The van der Waals surface area contributed by atoms with Crippen molar-refractivity contribution in [1.29, 1.82) is 0 Å². The van der Waals surface area contributed by atoms with Crippen molar-refractivity contribution in [3.05, 3.63) is 76.9 Å². The second-order valence-electron chi connectivity index (χ2n) is 5.49. The minimum Gasteiger partial charge on any atom is -0.0832 e. The van der Waals surface area contributed by atoms with E-state index in [1.54, 1.807) is 0 Å². The van der Waals surface area contributed by atoms with Crippen LogP contribution in [0.25, 0.3) is 16.8 Å². The predicted octanol–water partition coefficient (Wildman–Crippen LogP) is 5.01. The topological polar surface area (TPSA) is 0 Å². The van der Waals surface area contributed by atoms with Crippen LogP contribution in [0.3, 0.4) is 0 Å². The molecule has 1 unspecified atom stereocenters. The number of hydrogen-bond donors (Lipinski definition) is 0. The monoisotopic (exact) mass is 244 g/mol. The first-order valence-corrected chi connectivity index (χ1v) is 6.90. The average Bonchev–Trinajstić information content (AvgIpc) is 2.69. The van der Waals surface area contributed by atoms with Crippen LogP contribution in [0.5, 0.6) is 0 Å². The average molecular weight is 244 g/mol. The lowest BCUT2D eigenvalue weighted by Gasteiger charge is -2.15. The van der Waals surface area contributed by atoms with Gasteiger partial charge in [0, 0.05) is 5.92 Å². The maximum atomic E-state index is 2.38. The molecule has 0 saturated heterocycles. The standard InChI is InChI=1S/C19H16/c1-13-8-9-16-11-10-15-6-2-4-14-5-3-7-17(12-13)19(16)18(14)15/h2-4,6-12,17H,5H2,1H3. The Morgan fingerprint density at radius 2 is 2.00 bits per heavy atom. The summed E-state index contributed by atoms with van der Waals surface area (Å²) in [7, 11) is 0. The van der Waals surface area contributed by atoms with Crippen LogP contribution in [0.1, 0.15) is 29.5 Å². The molecule has 0 aromatic heterocycles. The molecule has 0 N–H and O–H groups in total. The summed E-state index contributed by atoms with van der Waals surface area (Å²) in [6.07, 6.45) is 12.6. The van der Waals surface area contributed by atoms with Gasteiger partial charge in [0.1, 0.15) is 0 Å². The van der Waals surface area contributed by atoms with Gasteiger partial charge in [0.2, 0.25) is 0 Å². The highest BCUT2D eigenvalue weighted by molar-refractivity contribution is 5.93. The van der Waals surface area contributed by atoms with E-state index in [1.807, 2.05) is 0 Å². The number of hydrogen-bond acceptors (Lipinski definition) is 0. The zero-order chi connectivity index (χ0) is 12.8. The molecule has 0 heteroatoms. The summed E-state index contributed by atoms with van der Waals surface area (Å²) in [5.74, 6) is 0.414. The van der Waals surface area contributed by atoms with Crippen molar-refractivity contribution in [2.45, 2.75) is 19.3 Å². The molecule has 0 radical (unpaired) electrons. The summed E-state index contributed by atoms with van der Waals surface area (Å²) >= 11 is 0. The van der Waals surface area contributed by atoms with Crippen molar-refractivity contribution >= 4 is 16.8 Å². The van der Waals surface area contributed by atoms with Crippen molar-refractivity contribution in [3.8, 4) is 0 Å². The maximum absolute atomic E-state index is 2.38. The van der Waals surface area contributed by atoms with E-state index in [0.717, 1.165) is 6.42 Å². The van der Waals surface area contributed by atoms with Crippen molar-refractivity contribution < 1.29 is 0 Å². The van der Waals surface area contributed by atoms with Crippen LogP contribution in [0.2, 0.25) is 0 Å². The van der Waals surface area contributed by atoms with Crippen LogP contribution in [-0.2, 0) is 6.42 Å². The quantitative estimate of drug-likeness (QED) is 0.571. The smallest absolute Gasteiger partial charge is 0.0216 e. The van der Waals surface area contributed by atoms with Gasteiger partial charge in [-0.1, -0.05) is 66.3 Å². The predicted molar refractivity (Wildman–Crippen MR) is 82.3 cm³/mol. The highest BCUT2D eigenvalue weighted by atomic mass is 14.2. The summed E-state index contributed by atoms with van der Waals surface area (Å²) in [5, 5.41) is 2.83. The molecule has 0 spiro atoms. The Balaban J connectivity index is 2.18. The third-order valence-electron chi connectivity index (χ3n) is 4.19. The molecule has 4 rings (SSSR count). The first-order chi connectivity index (χ1) is 9.33. The molecule has 0 nitrogen and oxygen atoms in total. The van der Waals surface area contributed by atoms with Gasteiger partial charge in [-0.2, -0.15) is 0 Å². The van der Waals surface area contributed by atoms with Crippen LogP contribution in [0.4, 0.5) is 0 Å². The van der Waals surface area contributed by atoms with E-state index in [0.29, 0.717) is 5.92 Å². The summed E-state index contributed by atoms with van der Waals surface area (Å²) in [5.41, 5.74) is 5.65. The Hall–Kier alpha value is -2.08. The summed E-state index contributed by atoms with van der Waals surface area (Å²) in [6.45, 7) is 2.18.